The first-order valence-corrected chi connectivity index (χ1v) is 8.12. The van der Waals surface area contributed by atoms with Crippen molar-refractivity contribution in [3.63, 3.8) is 0 Å². The molecule has 108 valence electrons. The SMILES string of the molecule is CC(Sc1ccc(Br)cc1)C(=O)N1CCCC1C(=O)O. The van der Waals surface area contributed by atoms with E-state index in [4.69, 9.17) is 5.11 Å². The van der Waals surface area contributed by atoms with Crippen molar-refractivity contribution in [3.05, 3.63) is 28.7 Å². The van der Waals surface area contributed by atoms with Crippen LogP contribution in [0.3, 0.4) is 0 Å². The second kappa shape index (κ2) is 6.63. The van der Waals surface area contributed by atoms with Gasteiger partial charge in [0.15, 0.2) is 0 Å². The minimum atomic E-state index is -0.906. The van der Waals surface area contributed by atoms with Crippen molar-refractivity contribution in [1.29, 1.82) is 0 Å². The van der Waals surface area contributed by atoms with Crippen LogP contribution in [0.25, 0.3) is 0 Å². The molecule has 0 radical (unpaired) electrons. The first-order chi connectivity index (χ1) is 9.49. The van der Waals surface area contributed by atoms with Crippen molar-refractivity contribution >= 4 is 39.6 Å². The molecule has 2 unspecified atom stereocenters. The maximum atomic E-state index is 12.4. The molecule has 20 heavy (non-hydrogen) atoms. The Hall–Kier alpha value is -1.01. The number of halogens is 1. The summed E-state index contributed by atoms with van der Waals surface area (Å²) < 4.78 is 0.992. The zero-order valence-electron chi connectivity index (χ0n) is 11.1. The number of amides is 1. The van der Waals surface area contributed by atoms with Crippen molar-refractivity contribution in [2.75, 3.05) is 6.54 Å². The fraction of sp³-hybridized carbons (Fsp3) is 0.429. The summed E-state index contributed by atoms with van der Waals surface area (Å²) in [5.41, 5.74) is 0. The average Bonchev–Trinajstić information content (AvgIpc) is 2.90. The van der Waals surface area contributed by atoms with E-state index in [-0.39, 0.29) is 11.2 Å². The highest BCUT2D eigenvalue weighted by Crippen LogP contribution is 2.28. The summed E-state index contributed by atoms with van der Waals surface area (Å²) in [4.78, 5) is 26.0. The van der Waals surface area contributed by atoms with Crippen molar-refractivity contribution in [1.82, 2.24) is 4.90 Å². The summed E-state index contributed by atoms with van der Waals surface area (Å²) in [7, 11) is 0. The zero-order valence-corrected chi connectivity index (χ0v) is 13.5. The van der Waals surface area contributed by atoms with Crippen LogP contribution in [-0.2, 0) is 9.59 Å². The van der Waals surface area contributed by atoms with Crippen molar-refractivity contribution < 1.29 is 14.7 Å². The lowest BCUT2D eigenvalue weighted by Crippen LogP contribution is -2.43. The molecule has 4 nitrogen and oxygen atoms in total. The number of likely N-dealkylation sites (tertiary alicyclic amines) is 1. The van der Waals surface area contributed by atoms with Crippen molar-refractivity contribution in [2.24, 2.45) is 0 Å². The zero-order chi connectivity index (χ0) is 14.7. The fourth-order valence-corrected chi connectivity index (χ4v) is 3.49. The van der Waals surface area contributed by atoms with E-state index < -0.39 is 12.0 Å². The molecule has 0 aromatic heterocycles. The Morgan fingerprint density at radius 1 is 1.40 bits per heavy atom. The van der Waals surface area contributed by atoms with E-state index in [1.807, 2.05) is 31.2 Å². The number of nitrogens with zero attached hydrogens (tertiary/aromatic N) is 1. The van der Waals surface area contributed by atoms with Gasteiger partial charge in [-0.2, -0.15) is 0 Å². The quantitative estimate of drug-likeness (QED) is 0.841. The highest BCUT2D eigenvalue weighted by atomic mass is 79.9. The van der Waals surface area contributed by atoms with Gasteiger partial charge in [-0.3, -0.25) is 4.79 Å². The van der Waals surface area contributed by atoms with E-state index in [1.165, 1.54) is 16.7 Å². The van der Waals surface area contributed by atoms with Gasteiger partial charge < -0.3 is 10.0 Å². The Bertz CT molecular complexity index is 506. The molecule has 1 fully saturated rings. The van der Waals surface area contributed by atoms with Crippen LogP contribution in [0.2, 0.25) is 0 Å². The molecule has 1 heterocycles. The van der Waals surface area contributed by atoms with Gasteiger partial charge in [-0.25, -0.2) is 4.79 Å². The van der Waals surface area contributed by atoms with Gasteiger partial charge in [-0.15, -0.1) is 11.8 Å². The first kappa shape index (κ1) is 15.4. The lowest BCUT2D eigenvalue weighted by molar-refractivity contribution is -0.147. The molecule has 1 aromatic carbocycles. The van der Waals surface area contributed by atoms with Crippen LogP contribution in [0.4, 0.5) is 0 Å². The minimum Gasteiger partial charge on any atom is -0.480 e. The predicted octanol–water partition coefficient (Wildman–Crippen LogP) is 3.01. The molecule has 6 heteroatoms. The summed E-state index contributed by atoms with van der Waals surface area (Å²) >= 11 is 4.82. The number of carbonyl (C=O) groups excluding carboxylic acids is 1. The standard InChI is InChI=1S/C14H16BrNO3S/c1-9(20-11-6-4-10(15)5-7-11)13(17)16-8-2-3-12(16)14(18)19/h4-7,9,12H,2-3,8H2,1H3,(H,18,19). The molecule has 0 spiro atoms. The Kier molecular flexibility index (Phi) is 5.10. The van der Waals surface area contributed by atoms with Crippen LogP contribution in [0.1, 0.15) is 19.8 Å². The number of aliphatic carboxylic acids is 1. The summed E-state index contributed by atoms with van der Waals surface area (Å²) in [5, 5.41) is 8.85. The smallest absolute Gasteiger partial charge is 0.326 e. The highest BCUT2D eigenvalue weighted by Gasteiger charge is 2.35. The van der Waals surface area contributed by atoms with Crippen molar-refractivity contribution in [3.8, 4) is 0 Å². The predicted molar refractivity (Wildman–Crippen MR) is 81.8 cm³/mol. The van der Waals surface area contributed by atoms with Gasteiger partial charge in [0.05, 0.1) is 5.25 Å². The minimum absolute atomic E-state index is 0.0946. The van der Waals surface area contributed by atoms with Gasteiger partial charge in [-0.05, 0) is 44.0 Å². The summed E-state index contributed by atoms with van der Waals surface area (Å²) in [6.45, 7) is 2.37. The van der Waals surface area contributed by atoms with E-state index >= 15 is 0 Å². The number of carboxylic acids is 1. The number of thioether (sulfide) groups is 1. The number of carbonyl (C=O) groups is 2. The largest absolute Gasteiger partial charge is 0.480 e. The molecule has 1 saturated heterocycles. The number of rotatable bonds is 4. The molecule has 2 rings (SSSR count). The fourth-order valence-electron chi connectivity index (χ4n) is 2.29. The maximum absolute atomic E-state index is 12.4. The first-order valence-electron chi connectivity index (χ1n) is 6.44. The van der Waals surface area contributed by atoms with E-state index in [9.17, 15) is 9.59 Å². The molecular formula is C14H16BrNO3S. The van der Waals surface area contributed by atoms with E-state index in [1.54, 1.807) is 0 Å². The second-order valence-corrected chi connectivity index (χ2v) is 7.07. The lowest BCUT2D eigenvalue weighted by atomic mass is 10.2. The molecule has 1 aliphatic rings. The topological polar surface area (TPSA) is 57.6 Å². The van der Waals surface area contributed by atoms with Gasteiger partial charge in [0.2, 0.25) is 5.91 Å². The number of carboxylic acid groups (broad SMARTS) is 1. The van der Waals surface area contributed by atoms with E-state index in [0.29, 0.717) is 13.0 Å². The van der Waals surface area contributed by atoms with Crippen LogP contribution in [-0.4, -0.2) is 39.7 Å². The highest BCUT2D eigenvalue weighted by molar-refractivity contribution is 9.10. The number of hydrogen-bond acceptors (Lipinski definition) is 3. The van der Waals surface area contributed by atoms with Gasteiger partial charge in [0.1, 0.15) is 6.04 Å². The molecule has 1 amide bonds. The summed E-state index contributed by atoms with van der Waals surface area (Å²) in [6, 6.07) is 7.08. The van der Waals surface area contributed by atoms with Crippen LogP contribution < -0.4 is 0 Å². The Labute approximate surface area is 130 Å². The van der Waals surface area contributed by atoms with E-state index in [2.05, 4.69) is 15.9 Å². The second-order valence-electron chi connectivity index (χ2n) is 4.74. The van der Waals surface area contributed by atoms with Crippen LogP contribution in [0.5, 0.6) is 0 Å². The van der Waals surface area contributed by atoms with Crippen LogP contribution in [0, 0.1) is 0 Å². The lowest BCUT2D eigenvalue weighted by Gasteiger charge is -2.24. The molecular weight excluding hydrogens is 342 g/mol. The van der Waals surface area contributed by atoms with Crippen LogP contribution >= 0.6 is 27.7 Å². The van der Waals surface area contributed by atoms with Gasteiger partial charge in [-0.1, -0.05) is 15.9 Å². The summed E-state index contributed by atoms with van der Waals surface area (Å²) in [6.07, 6.45) is 1.31. The monoisotopic (exact) mass is 357 g/mol. The van der Waals surface area contributed by atoms with Crippen LogP contribution in [0.15, 0.2) is 33.6 Å². The molecule has 1 N–H and O–H groups in total. The third kappa shape index (κ3) is 3.55. The third-order valence-electron chi connectivity index (χ3n) is 3.30. The van der Waals surface area contributed by atoms with E-state index in [0.717, 1.165) is 15.8 Å². The maximum Gasteiger partial charge on any atom is 0.326 e. The molecule has 1 aromatic rings. The molecule has 0 saturated carbocycles. The normalized spacial score (nSPS) is 19.9. The summed E-state index contributed by atoms with van der Waals surface area (Å²) in [5.74, 6) is -1.00. The molecule has 0 bridgehead atoms. The Morgan fingerprint density at radius 2 is 2.05 bits per heavy atom. The molecule has 1 aliphatic heterocycles. The number of benzene rings is 1. The van der Waals surface area contributed by atoms with Gasteiger partial charge in [0.25, 0.3) is 0 Å². The van der Waals surface area contributed by atoms with Crippen molar-refractivity contribution in [2.45, 2.75) is 36.0 Å². The molecule has 0 aliphatic carbocycles. The Morgan fingerprint density at radius 3 is 2.65 bits per heavy atom. The Balaban J connectivity index is 2.01. The van der Waals surface area contributed by atoms with Gasteiger partial charge >= 0.3 is 5.97 Å². The average molecular weight is 358 g/mol. The number of hydrogen-bond donors (Lipinski definition) is 1. The molecule has 2 atom stereocenters. The third-order valence-corrected chi connectivity index (χ3v) is 4.92. The van der Waals surface area contributed by atoms with Gasteiger partial charge in [0, 0.05) is 15.9 Å².